The highest BCUT2D eigenvalue weighted by atomic mass is 16.5. The third-order valence-electron chi connectivity index (χ3n) is 3.68. The largest absolute Gasteiger partial charge is 0.465 e. The first kappa shape index (κ1) is 18.4. The number of rotatable bonds is 9. The molecule has 1 N–H and O–H groups in total. The minimum Gasteiger partial charge on any atom is -0.465 e. The summed E-state index contributed by atoms with van der Waals surface area (Å²) in [6.45, 7) is 11.6. The lowest BCUT2D eigenvalue weighted by Gasteiger charge is -2.30. The first-order valence-electron chi connectivity index (χ1n) is 8.11. The standard InChI is InChI=1S/C16H31NO4/c1-6-19-11-13(5)21-14-8-9-16(10-14,17-12(3)4)15(18)20-7-2/h12-14,17H,6-11H2,1-5H3. The second-order valence-corrected chi connectivity index (χ2v) is 6.07. The summed E-state index contributed by atoms with van der Waals surface area (Å²) in [5.74, 6) is -0.151. The number of ether oxygens (including phenoxy) is 3. The van der Waals surface area contributed by atoms with Crippen LogP contribution in [0.3, 0.4) is 0 Å². The summed E-state index contributed by atoms with van der Waals surface area (Å²) in [6, 6.07) is 0.231. The summed E-state index contributed by atoms with van der Waals surface area (Å²) in [5, 5.41) is 3.40. The molecule has 0 amide bonds. The van der Waals surface area contributed by atoms with E-state index in [-0.39, 0.29) is 24.2 Å². The van der Waals surface area contributed by atoms with Gasteiger partial charge in [-0.05, 0) is 47.5 Å². The summed E-state index contributed by atoms with van der Waals surface area (Å²) in [5.41, 5.74) is -0.597. The molecule has 0 bridgehead atoms. The first-order valence-corrected chi connectivity index (χ1v) is 8.11. The molecular formula is C16H31NO4. The molecule has 3 atom stereocenters. The average Bonchev–Trinajstić information content (AvgIpc) is 2.80. The summed E-state index contributed by atoms with van der Waals surface area (Å²) < 4.78 is 16.6. The van der Waals surface area contributed by atoms with Gasteiger partial charge in [0.05, 0.1) is 25.4 Å². The van der Waals surface area contributed by atoms with Crippen LogP contribution in [0.15, 0.2) is 0 Å². The quantitative estimate of drug-likeness (QED) is 0.662. The van der Waals surface area contributed by atoms with Gasteiger partial charge in [0, 0.05) is 19.1 Å². The topological polar surface area (TPSA) is 56.8 Å². The molecule has 124 valence electrons. The van der Waals surface area contributed by atoms with E-state index in [4.69, 9.17) is 14.2 Å². The van der Waals surface area contributed by atoms with Crippen molar-refractivity contribution < 1.29 is 19.0 Å². The lowest BCUT2D eigenvalue weighted by Crippen LogP contribution is -2.54. The lowest BCUT2D eigenvalue weighted by atomic mass is 9.96. The fourth-order valence-electron chi connectivity index (χ4n) is 2.97. The Morgan fingerprint density at radius 1 is 1.29 bits per heavy atom. The molecule has 1 fully saturated rings. The van der Waals surface area contributed by atoms with Crippen molar-refractivity contribution >= 4 is 5.97 Å². The molecule has 0 spiro atoms. The second kappa shape index (κ2) is 8.71. The van der Waals surface area contributed by atoms with E-state index in [2.05, 4.69) is 5.32 Å². The summed E-state index contributed by atoms with van der Waals surface area (Å²) in [6.07, 6.45) is 2.43. The molecule has 5 nitrogen and oxygen atoms in total. The van der Waals surface area contributed by atoms with Crippen LogP contribution in [0, 0.1) is 0 Å². The van der Waals surface area contributed by atoms with E-state index in [0.29, 0.717) is 26.2 Å². The smallest absolute Gasteiger partial charge is 0.326 e. The van der Waals surface area contributed by atoms with Crippen LogP contribution in [0.25, 0.3) is 0 Å². The Balaban J connectivity index is 2.61. The van der Waals surface area contributed by atoms with Gasteiger partial charge < -0.3 is 14.2 Å². The molecule has 5 heteroatoms. The maximum absolute atomic E-state index is 12.3. The predicted octanol–water partition coefficient (Wildman–Crippen LogP) is 2.28. The van der Waals surface area contributed by atoms with Gasteiger partial charge in [0.25, 0.3) is 0 Å². The Morgan fingerprint density at radius 2 is 2.00 bits per heavy atom. The van der Waals surface area contributed by atoms with Crippen LogP contribution in [-0.4, -0.2) is 49.6 Å². The van der Waals surface area contributed by atoms with Gasteiger partial charge in [-0.15, -0.1) is 0 Å². The molecule has 0 aromatic heterocycles. The summed E-state index contributed by atoms with van der Waals surface area (Å²) in [7, 11) is 0. The number of esters is 1. The Hall–Kier alpha value is -0.650. The SMILES string of the molecule is CCOCC(C)OC1CCC(NC(C)C)(C(=O)OCC)C1. The number of hydrogen-bond donors (Lipinski definition) is 1. The molecule has 0 saturated heterocycles. The number of hydrogen-bond acceptors (Lipinski definition) is 5. The molecule has 1 rings (SSSR count). The maximum atomic E-state index is 12.3. The van der Waals surface area contributed by atoms with Gasteiger partial charge in [0.2, 0.25) is 0 Å². The Bertz CT molecular complexity index is 321. The van der Waals surface area contributed by atoms with Gasteiger partial charge >= 0.3 is 5.97 Å². The average molecular weight is 301 g/mol. The molecule has 1 aliphatic carbocycles. The van der Waals surface area contributed by atoms with Gasteiger partial charge in [-0.3, -0.25) is 10.1 Å². The van der Waals surface area contributed by atoms with Gasteiger partial charge in [-0.25, -0.2) is 0 Å². The van der Waals surface area contributed by atoms with Gasteiger partial charge in [0.15, 0.2) is 0 Å². The zero-order valence-corrected chi connectivity index (χ0v) is 14.1. The Labute approximate surface area is 128 Å². The van der Waals surface area contributed by atoms with Crippen LogP contribution in [0.5, 0.6) is 0 Å². The van der Waals surface area contributed by atoms with E-state index in [1.807, 2.05) is 34.6 Å². The van der Waals surface area contributed by atoms with Gasteiger partial charge in [-0.1, -0.05) is 0 Å². The van der Waals surface area contributed by atoms with E-state index < -0.39 is 5.54 Å². The molecule has 21 heavy (non-hydrogen) atoms. The van der Waals surface area contributed by atoms with Crippen LogP contribution in [0.4, 0.5) is 0 Å². The lowest BCUT2D eigenvalue weighted by molar-refractivity contribution is -0.152. The molecule has 1 saturated carbocycles. The minimum atomic E-state index is -0.597. The van der Waals surface area contributed by atoms with Crippen LogP contribution in [0.2, 0.25) is 0 Å². The number of nitrogens with one attached hydrogen (secondary N) is 1. The molecule has 1 aliphatic rings. The fourth-order valence-corrected chi connectivity index (χ4v) is 2.97. The minimum absolute atomic E-state index is 0.0481. The summed E-state index contributed by atoms with van der Waals surface area (Å²) >= 11 is 0. The molecule has 0 radical (unpaired) electrons. The molecule has 0 aromatic carbocycles. The monoisotopic (exact) mass is 301 g/mol. The van der Waals surface area contributed by atoms with Crippen LogP contribution >= 0.6 is 0 Å². The van der Waals surface area contributed by atoms with Crippen molar-refractivity contribution in [3.05, 3.63) is 0 Å². The van der Waals surface area contributed by atoms with Crippen molar-refractivity contribution in [3.8, 4) is 0 Å². The van der Waals surface area contributed by atoms with Gasteiger partial charge in [-0.2, -0.15) is 0 Å². The van der Waals surface area contributed by atoms with Crippen molar-refractivity contribution in [2.45, 2.75) is 77.7 Å². The molecule has 3 unspecified atom stereocenters. The highest BCUT2D eigenvalue weighted by Gasteiger charge is 2.47. The highest BCUT2D eigenvalue weighted by Crippen LogP contribution is 2.34. The first-order chi connectivity index (χ1) is 9.93. The van der Waals surface area contributed by atoms with E-state index in [0.717, 1.165) is 12.8 Å². The van der Waals surface area contributed by atoms with E-state index in [9.17, 15) is 4.79 Å². The number of carbonyl (C=O) groups excluding carboxylic acids is 1. The third kappa shape index (κ3) is 5.57. The predicted molar refractivity (Wildman–Crippen MR) is 82.3 cm³/mol. The van der Waals surface area contributed by atoms with Gasteiger partial charge in [0.1, 0.15) is 5.54 Å². The third-order valence-corrected chi connectivity index (χ3v) is 3.68. The zero-order valence-electron chi connectivity index (χ0n) is 14.1. The molecule has 0 aromatic rings. The Kier molecular flexibility index (Phi) is 7.63. The van der Waals surface area contributed by atoms with Crippen LogP contribution < -0.4 is 5.32 Å². The zero-order chi connectivity index (χ0) is 15.9. The van der Waals surface area contributed by atoms with Crippen molar-refractivity contribution in [2.24, 2.45) is 0 Å². The van der Waals surface area contributed by atoms with Crippen molar-refractivity contribution in [2.75, 3.05) is 19.8 Å². The second-order valence-electron chi connectivity index (χ2n) is 6.07. The normalized spacial score (nSPS) is 27.0. The van der Waals surface area contributed by atoms with E-state index in [1.165, 1.54) is 0 Å². The van der Waals surface area contributed by atoms with Crippen molar-refractivity contribution in [1.82, 2.24) is 5.32 Å². The molecular weight excluding hydrogens is 270 g/mol. The summed E-state index contributed by atoms with van der Waals surface area (Å²) in [4.78, 5) is 12.3. The molecule has 0 heterocycles. The van der Waals surface area contributed by atoms with Crippen LogP contribution in [0.1, 0.15) is 53.9 Å². The van der Waals surface area contributed by atoms with Crippen molar-refractivity contribution in [1.29, 1.82) is 0 Å². The maximum Gasteiger partial charge on any atom is 0.326 e. The highest BCUT2D eigenvalue weighted by molar-refractivity contribution is 5.81. The van der Waals surface area contributed by atoms with E-state index >= 15 is 0 Å². The molecule has 0 aliphatic heterocycles. The van der Waals surface area contributed by atoms with Crippen LogP contribution in [-0.2, 0) is 19.0 Å². The van der Waals surface area contributed by atoms with E-state index in [1.54, 1.807) is 0 Å². The Morgan fingerprint density at radius 3 is 2.57 bits per heavy atom. The number of carbonyl (C=O) groups is 1. The van der Waals surface area contributed by atoms with Crippen molar-refractivity contribution in [3.63, 3.8) is 0 Å². The fraction of sp³-hybridized carbons (Fsp3) is 0.938.